The van der Waals surface area contributed by atoms with Crippen molar-refractivity contribution in [3.05, 3.63) is 59.6 Å². The highest BCUT2D eigenvalue weighted by Crippen LogP contribution is 2.31. The van der Waals surface area contributed by atoms with Crippen LogP contribution in [0.3, 0.4) is 0 Å². The maximum absolute atomic E-state index is 14.9. The molecule has 2 fully saturated rings. The number of hydrogen-bond donors (Lipinski definition) is 1. The fourth-order valence-corrected chi connectivity index (χ4v) is 4.71. The van der Waals surface area contributed by atoms with Crippen LogP contribution in [0.15, 0.2) is 41.2 Å². The van der Waals surface area contributed by atoms with Gasteiger partial charge in [-0.2, -0.15) is 4.98 Å². The predicted molar refractivity (Wildman–Crippen MR) is 137 cm³/mol. The smallest absolute Gasteiger partial charge is 0.409 e. The van der Waals surface area contributed by atoms with Gasteiger partial charge in [-0.05, 0) is 25.1 Å². The second-order valence-electron chi connectivity index (χ2n) is 9.47. The molecule has 0 saturated carbocycles. The molecule has 0 radical (unpaired) electrons. The largest absolute Gasteiger partial charge is 0.453 e. The molecular weight excluding hydrogens is 509 g/mol. The minimum atomic E-state index is -0.525. The lowest BCUT2D eigenvalue weighted by molar-refractivity contribution is 0.0804. The van der Waals surface area contributed by atoms with Gasteiger partial charge in [-0.1, -0.05) is 5.16 Å². The minimum Gasteiger partial charge on any atom is -0.453 e. The van der Waals surface area contributed by atoms with E-state index in [1.807, 2.05) is 12.1 Å². The number of nitrogens with one attached hydrogen (secondary N) is 1. The van der Waals surface area contributed by atoms with E-state index < -0.39 is 17.8 Å². The van der Waals surface area contributed by atoms with E-state index in [0.29, 0.717) is 49.1 Å². The molecule has 2 amide bonds. The SMILES string of the molecule is COC(=O)N1CC(c2nc(-c3cc(F)c(C)c(NC(=O)c4cnc5cc(N6CCOCC6)ccn45)c3)no2)C1. The number of anilines is 2. The number of fused-ring (bicyclic) bond motifs is 1. The summed E-state index contributed by atoms with van der Waals surface area (Å²) in [6.45, 7) is 5.29. The third kappa shape index (κ3) is 4.65. The van der Waals surface area contributed by atoms with Crippen LogP contribution in [-0.4, -0.2) is 82.9 Å². The Bertz CT molecular complexity index is 1560. The second kappa shape index (κ2) is 9.98. The Hall–Kier alpha value is -4.52. The Morgan fingerprint density at radius 3 is 2.74 bits per heavy atom. The molecule has 5 heterocycles. The van der Waals surface area contributed by atoms with Crippen molar-refractivity contribution in [2.45, 2.75) is 12.8 Å². The van der Waals surface area contributed by atoms with Gasteiger partial charge in [-0.25, -0.2) is 14.2 Å². The lowest BCUT2D eigenvalue weighted by atomic mass is 10.0. The van der Waals surface area contributed by atoms with Crippen LogP contribution in [0.5, 0.6) is 0 Å². The molecule has 4 aromatic rings. The van der Waals surface area contributed by atoms with Gasteiger partial charge in [0.2, 0.25) is 11.7 Å². The molecule has 0 bridgehead atoms. The third-order valence-corrected chi connectivity index (χ3v) is 7.06. The molecule has 0 spiro atoms. The number of benzene rings is 1. The number of halogens is 1. The fourth-order valence-electron chi connectivity index (χ4n) is 4.71. The molecule has 2 aliphatic rings. The Balaban J connectivity index is 1.20. The van der Waals surface area contributed by atoms with Crippen molar-refractivity contribution in [2.24, 2.45) is 0 Å². The molecule has 39 heavy (non-hydrogen) atoms. The highest BCUT2D eigenvalue weighted by molar-refractivity contribution is 6.04. The highest BCUT2D eigenvalue weighted by atomic mass is 19.1. The molecule has 2 saturated heterocycles. The number of rotatable bonds is 5. The van der Waals surface area contributed by atoms with Gasteiger partial charge in [0.15, 0.2) is 0 Å². The summed E-state index contributed by atoms with van der Waals surface area (Å²) in [5, 5.41) is 6.78. The zero-order valence-electron chi connectivity index (χ0n) is 21.4. The number of methoxy groups -OCH3 is 1. The van der Waals surface area contributed by atoms with Gasteiger partial charge in [-0.15, -0.1) is 0 Å². The number of carbonyl (C=O) groups is 2. The number of aromatic nitrogens is 4. The molecule has 0 atom stereocenters. The number of amides is 2. The standard InChI is InChI=1S/C26H26FN7O5/c1-15-19(27)9-16(23-30-25(39-31-23)17-13-33(14-17)26(36)37-2)10-20(15)29-24(35)21-12-28-22-11-18(3-4-34(21)22)32-5-7-38-8-6-32/h3-4,9-12,17H,5-8,13-14H2,1-2H3,(H,29,35). The quantitative estimate of drug-likeness (QED) is 0.410. The van der Waals surface area contributed by atoms with Crippen LogP contribution >= 0.6 is 0 Å². The van der Waals surface area contributed by atoms with Crippen LogP contribution in [0.4, 0.5) is 20.6 Å². The van der Waals surface area contributed by atoms with Crippen LogP contribution in [-0.2, 0) is 9.47 Å². The summed E-state index contributed by atoms with van der Waals surface area (Å²) in [5.74, 6) is -0.561. The molecule has 12 nitrogen and oxygen atoms in total. The minimum absolute atomic E-state index is 0.126. The van der Waals surface area contributed by atoms with Gasteiger partial charge in [-0.3, -0.25) is 9.20 Å². The fraction of sp³-hybridized carbons (Fsp3) is 0.346. The number of imidazole rings is 1. The predicted octanol–water partition coefficient (Wildman–Crippen LogP) is 3.09. The lowest BCUT2D eigenvalue weighted by Crippen LogP contribution is -2.48. The van der Waals surface area contributed by atoms with E-state index in [9.17, 15) is 14.0 Å². The normalized spacial score (nSPS) is 15.9. The molecule has 3 aromatic heterocycles. The second-order valence-corrected chi connectivity index (χ2v) is 9.47. The summed E-state index contributed by atoms with van der Waals surface area (Å²) in [7, 11) is 1.32. The van der Waals surface area contributed by atoms with Crippen LogP contribution in [0.1, 0.15) is 27.9 Å². The van der Waals surface area contributed by atoms with Crippen molar-refractivity contribution in [2.75, 3.05) is 56.7 Å². The average Bonchev–Trinajstić information content (AvgIpc) is 3.58. The first-order valence-electron chi connectivity index (χ1n) is 12.5. The molecule has 2 aliphatic heterocycles. The topological polar surface area (TPSA) is 127 Å². The summed E-state index contributed by atoms with van der Waals surface area (Å²) in [5.41, 5.74) is 2.84. The molecule has 6 rings (SSSR count). The van der Waals surface area contributed by atoms with Crippen molar-refractivity contribution >= 4 is 29.0 Å². The number of ether oxygens (including phenoxy) is 2. The van der Waals surface area contributed by atoms with Crippen LogP contribution in [0, 0.1) is 12.7 Å². The van der Waals surface area contributed by atoms with Crippen molar-refractivity contribution in [3.8, 4) is 11.4 Å². The number of pyridine rings is 1. The van der Waals surface area contributed by atoms with E-state index in [-0.39, 0.29) is 23.0 Å². The summed E-state index contributed by atoms with van der Waals surface area (Å²) >= 11 is 0. The Kier molecular flexibility index (Phi) is 6.35. The van der Waals surface area contributed by atoms with Gasteiger partial charge < -0.3 is 29.1 Å². The van der Waals surface area contributed by atoms with E-state index >= 15 is 0 Å². The molecule has 13 heteroatoms. The maximum atomic E-state index is 14.9. The Labute approximate surface area is 222 Å². The summed E-state index contributed by atoms with van der Waals surface area (Å²) in [6, 6.07) is 6.76. The first-order chi connectivity index (χ1) is 18.9. The number of hydrogen-bond acceptors (Lipinski definition) is 9. The Morgan fingerprint density at radius 2 is 1.97 bits per heavy atom. The van der Waals surface area contributed by atoms with Gasteiger partial charge in [0.25, 0.3) is 5.91 Å². The van der Waals surface area contributed by atoms with Gasteiger partial charge in [0.05, 0.1) is 32.4 Å². The summed E-state index contributed by atoms with van der Waals surface area (Å²) in [4.78, 5) is 37.3. The number of nitrogens with zero attached hydrogens (tertiary/aromatic N) is 6. The van der Waals surface area contributed by atoms with Crippen molar-refractivity contribution in [1.82, 2.24) is 24.4 Å². The summed E-state index contributed by atoms with van der Waals surface area (Å²) in [6.07, 6.45) is 2.87. The van der Waals surface area contributed by atoms with Crippen molar-refractivity contribution in [1.29, 1.82) is 0 Å². The number of likely N-dealkylation sites (tertiary alicyclic amines) is 1. The Morgan fingerprint density at radius 1 is 1.18 bits per heavy atom. The summed E-state index contributed by atoms with van der Waals surface area (Å²) < 4.78 is 32.1. The number of carbonyl (C=O) groups excluding carboxylic acids is 2. The molecular formula is C26H26FN7O5. The first-order valence-corrected chi connectivity index (χ1v) is 12.5. The molecule has 1 aromatic carbocycles. The van der Waals surface area contributed by atoms with Crippen LogP contribution < -0.4 is 10.2 Å². The van der Waals surface area contributed by atoms with E-state index in [4.69, 9.17) is 14.0 Å². The van der Waals surface area contributed by atoms with E-state index in [2.05, 4.69) is 25.3 Å². The zero-order chi connectivity index (χ0) is 27.1. The van der Waals surface area contributed by atoms with Crippen LogP contribution in [0.25, 0.3) is 17.0 Å². The first kappa shape index (κ1) is 24.8. The van der Waals surface area contributed by atoms with Crippen LogP contribution in [0.2, 0.25) is 0 Å². The maximum Gasteiger partial charge on any atom is 0.409 e. The van der Waals surface area contributed by atoms with E-state index in [1.54, 1.807) is 23.6 Å². The van der Waals surface area contributed by atoms with Gasteiger partial charge in [0.1, 0.15) is 17.2 Å². The monoisotopic (exact) mass is 535 g/mol. The van der Waals surface area contributed by atoms with Gasteiger partial charge in [0, 0.05) is 60.9 Å². The highest BCUT2D eigenvalue weighted by Gasteiger charge is 2.36. The van der Waals surface area contributed by atoms with E-state index in [0.717, 1.165) is 18.8 Å². The molecule has 202 valence electrons. The average molecular weight is 536 g/mol. The number of morpholine rings is 1. The molecule has 0 unspecified atom stereocenters. The van der Waals surface area contributed by atoms with E-state index in [1.165, 1.54) is 24.3 Å². The molecule has 1 N–H and O–H groups in total. The van der Waals surface area contributed by atoms with Crippen molar-refractivity contribution in [3.63, 3.8) is 0 Å². The zero-order valence-corrected chi connectivity index (χ0v) is 21.4. The van der Waals surface area contributed by atoms with Gasteiger partial charge >= 0.3 is 6.09 Å². The molecule has 0 aliphatic carbocycles. The third-order valence-electron chi connectivity index (χ3n) is 7.06. The van der Waals surface area contributed by atoms with Crippen molar-refractivity contribution < 1.29 is 28.0 Å². The lowest BCUT2D eigenvalue weighted by Gasteiger charge is -2.35.